The Kier molecular flexibility index (Phi) is 3.77. The molecule has 1 saturated heterocycles. The lowest BCUT2D eigenvalue weighted by Crippen LogP contribution is -2.37. The molecular weight excluding hydrogens is 319 g/mol. The smallest absolute Gasteiger partial charge is 0.326 e. The van der Waals surface area contributed by atoms with Crippen molar-refractivity contribution in [3.05, 3.63) is 64.3 Å². The van der Waals surface area contributed by atoms with Crippen molar-refractivity contribution >= 4 is 16.7 Å². The predicted octanol–water partition coefficient (Wildman–Crippen LogP) is 3.18. The van der Waals surface area contributed by atoms with Crippen LogP contribution in [0.1, 0.15) is 24.4 Å². The van der Waals surface area contributed by atoms with Gasteiger partial charge in [-0.05, 0) is 43.2 Å². The van der Waals surface area contributed by atoms with Crippen LogP contribution in [-0.2, 0) is 0 Å². The van der Waals surface area contributed by atoms with Gasteiger partial charge in [-0.1, -0.05) is 12.1 Å². The van der Waals surface area contributed by atoms with Crippen molar-refractivity contribution in [2.24, 2.45) is 0 Å². The lowest BCUT2D eigenvalue weighted by molar-refractivity contribution is 0.394. The molecule has 1 aliphatic rings. The summed E-state index contributed by atoms with van der Waals surface area (Å²) in [6.45, 7) is 1.33. The molecule has 1 fully saturated rings. The van der Waals surface area contributed by atoms with E-state index < -0.39 is 0 Å². The standard InChI is InChI=1S/C19H17FN4O/c20-15-11-13(12-21)5-6-17(15)23-9-7-14(8-10-23)24-18-4-2-1-3-16(18)22-19(24)25/h1-6,11,14H,7-10H2,(H,22,25). The summed E-state index contributed by atoms with van der Waals surface area (Å²) in [5, 5.41) is 8.85. The topological polar surface area (TPSA) is 64.8 Å². The van der Waals surface area contributed by atoms with Gasteiger partial charge in [-0.25, -0.2) is 9.18 Å². The fraction of sp³-hybridized carbons (Fsp3) is 0.263. The van der Waals surface area contributed by atoms with Gasteiger partial charge in [-0.15, -0.1) is 0 Å². The van der Waals surface area contributed by atoms with E-state index in [0.29, 0.717) is 24.3 Å². The van der Waals surface area contributed by atoms with Gasteiger partial charge in [-0.2, -0.15) is 5.26 Å². The average molecular weight is 336 g/mol. The van der Waals surface area contributed by atoms with E-state index in [4.69, 9.17) is 5.26 Å². The summed E-state index contributed by atoms with van der Waals surface area (Å²) in [6, 6.07) is 14.3. The summed E-state index contributed by atoms with van der Waals surface area (Å²) >= 11 is 0. The number of hydrogen-bond acceptors (Lipinski definition) is 3. The quantitative estimate of drug-likeness (QED) is 0.782. The molecule has 0 saturated carbocycles. The normalized spacial score (nSPS) is 15.4. The van der Waals surface area contributed by atoms with Crippen molar-refractivity contribution in [3.8, 4) is 6.07 Å². The summed E-state index contributed by atoms with van der Waals surface area (Å²) in [4.78, 5) is 17.2. The van der Waals surface area contributed by atoms with E-state index in [1.54, 1.807) is 12.1 Å². The van der Waals surface area contributed by atoms with Crippen LogP contribution in [0.3, 0.4) is 0 Å². The maximum Gasteiger partial charge on any atom is 0.326 e. The number of aromatic nitrogens is 2. The number of nitrogens with zero attached hydrogens (tertiary/aromatic N) is 3. The summed E-state index contributed by atoms with van der Waals surface area (Å²) in [7, 11) is 0. The third-order valence-electron chi connectivity index (χ3n) is 4.87. The lowest BCUT2D eigenvalue weighted by Gasteiger charge is -2.34. The number of rotatable bonds is 2. The molecule has 0 unspecified atom stereocenters. The summed E-state index contributed by atoms with van der Waals surface area (Å²) in [6.07, 6.45) is 1.53. The number of benzene rings is 2. The van der Waals surface area contributed by atoms with Crippen molar-refractivity contribution < 1.29 is 4.39 Å². The van der Waals surface area contributed by atoms with Crippen LogP contribution >= 0.6 is 0 Å². The minimum Gasteiger partial charge on any atom is -0.369 e. The zero-order valence-electron chi connectivity index (χ0n) is 13.6. The minimum absolute atomic E-state index is 0.0933. The van der Waals surface area contributed by atoms with Gasteiger partial charge in [0.1, 0.15) is 5.82 Å². The molecule has 1 aromatic heterocycles. The number of piperidine rings is 1. The van der Waals surface area contributed by atoms with Crippen LogP contribution in [0.5, 0.6) is 0 Å². The van der Waals surface area contributed by atoms with Gasteiger partial charge in [0.05, 0.1) is 28.4 Å². The fourth-order valence-electron chi connectivity index (χ4n) is 3.63. The van der Waals surface area contributed by atoms with Crippen molar-refractivity contribution in [2.45, 2.75) is 18.9 Å². The zero-order chi connectivity index (χ0) is 17.4. The van der Waals surface area contributed by atoms with Crippen LogP contribution < -0.4 is 10.6 Å². The Morgan fingerprint density at radius 1 is 1.16 bits per heavy atom. The fourth-order valence-corrected chi connectivity index (χ4v) is 3.63. The molecule has 1 N–H and O–H groups in total. The van der Waals surface area contributed by atoms with E-state index in [2.05, 4.69) is 4.98 Å². The van der Waals surface area contributed by atoms with Crippen molar-refractivity contribution in [1.29, 1.82) is 5.26 Å². The molecule has 126 valence electrons. The number of nitrogens with one attached hydrogen (secondary N) is 1. The number of hydrogen-bond donors (Lipinski definition) is 1. The molecule has 5 nitrogen and oxygen atoms in total. The zero-order valence-corrected chi connectivity index (χ0v) is 13.6. The number of halogens is 1. The summed E-state index contributed by atoms with van der Waals surface area (Å²) in [5.74, 6) is -0.373. The van der Waals surface area contributed by atoms with Crippen LogP contribution in [0.4, 0.5) is 10.1 Å². The number of imidazole rings is 1. The van der Waals surface area contributed by atoms with Gasteiger partial charge in [0.2, 0.25) is 0 Å². The SMILES string of the molecule is N#Cc1ccc(N2CCC(n3c(=O)[nH]c4ccccc43)CC2)c(F)c1. The average Bonchev–Trinajstić information content (AvgIpc) is 2.97. The molecule has 0 bridgehead atoms. The van der Waals surface area contributed by atoms with E-state index in [-0.39, 0.29) is 17.5 Å². The Morgan fingerprint density at radius 3 is 2.64 bits per heavy atom. The first-order valence-corrected chi connectivity index (χ1v) is 8.31. The van der Waals surface area contributed by atoms with Gasteiger partial charge >= 0.3 is 5.69 Å². The Bertz CT molecular complexity index is 1020. The maximum absolute atomic E-state index is 14.2. The molecule has 0 radical (unpaired) electrons. The van der Waals surface area contributed by atoms with E-state index in [1.165, 1.54) is 6.07 Å². The Labute approximate surface area is 143 Å². The number of aromatic amines is 1. The second-order valence-corrected chi connectivity index (χ2v) is 6.31. The molecule has 4 rings (SSSR count). The molecule has 0 amide bonds. The van der Waals surface area contributed by atoms with Gasteiger partial charge in [0.25, 0.3) is 0 Å². The number of fused-ring (bicyclic) bond motifs is 1. The molecule has 3 aromatic rings. The van der Waals surface area contributed by atoms with Crippen LogP contribution in [0.15, 0.2) is 47.3 Å². The lowest BCUT2D eigenvalue weighted by atomic mass is 10.0. The molecular formula is C19H17FN4O. The van der Waals surface area contributed by atoms with Crippen molar-refractivity contribution in [3.63, 3.8) is 0 Å². The number of nitriles is 1. The van der Waals surface area contributed by atoms with Crippen LogP contribution in [0.25, 0.3) is 11.0 Å². The molecule has 0 aliphatic carbocycles. The Morgan fingerprint density at radius 2 is 1.92 bits per heavy atom. The molecule has 2 heterocycles. The highest BCUT2D eigenvalue weighted by molar-refractivity contribution is 5.75. The third kappa shape index (κ3) is 2.68. The number of H-pyrrole nitrogens is 1. The summed E-state index contributed by atoms with van der Waals surface area (Å²) in [5.41, 5.74) is 2.50. The molecule has 25 heavy (non-hydrogen) atoms. The van der Waals surface area contributed by atoms with E-state index in [9.17, 15) is 9.18 Å². The van der Waals surface area contributed by atoms with Gasteiger partial charge in [0.15, 0.2) is 0 Å². The molecule has 0 atom stereocenters. The third-order valence-corrected chi connectivity index (χ3v) is 4.87. The largest absolute Gasteiger partial charge is 0.369 e. The Hall–Kier alpha value is -3.07. The van der Waals surface area contributed by atoms with Crippen LogP contribution in [0.2, 0.25) is 0 Å². The maximum atomic E-state index is 14.2. The van der Waals surface area contributed by atoms with Gasteiger partial charge in [0, 0.05) is 19.1 Å². The van der Waals surface area contributed by atoms with Crippen LogP contribution in [0, 0.1) is 17.1 Å². The van der Waals surface area contributed by atoms with E-state index >= 15 is 0 Å². The molecule has 0 spiro atoms. The summed E-state index contributed by atoms with van der Waals surface area (Å²) < 4.78 is 16.0. The van der Waals surface area contributed by atoms with E-state index in [1.807, 2.05) is 39.8 Å². The second kappa shape index (κ2) is 6.10. The monoisotopic (exact) mass is 336 g/mol. The first kappa shape index (κ1) is 15.5. The molecule has 2 aromatic carbocycles. The Balaban J connectivity index is 1.56. The first-order chi connectivity index (χ1) is 12.2. The molecule has 6 heteroatoms. The second-order valence-electron chi connectivity index (χ2n) is 6.31. The van der Waals surface area contributed by atoms with Gasteiger partial charge < -0.3 is 9.88 Å². The highest BCUT2D eigenvalue weighted by Gasteiger charge is 2.25. The number of anilines is 1. The van der Waals surface area contributed by atoms with Crippen molar-refractivity contribution in [2.75, 3.05) is 18.0 Å². The van der Waals surface area contributed by atoms with Crippen molar-refractivity contribution in [1.82, 2.24) is 9.55 Å². The highest BCUT2D eigenvalue weighted by atomic mass is 19.1. The number of para-hydroxylation sites is 2. The van der Waals surface area contributed by atoms with Crippen LogP contribution in [-0.4, -0.2) is 22.6 Å². The highest BCUT2D eigenvalue weighted by Crippen LogP contribution is 2.29. The molecule has 1 aliphatic heterocycles. The van der Waals surface area contributed by atoms with Gasteiger partial charge in [-0.3, -0.25) is 4.57 Å². The first-order valence-electron chi connectivity index (χ1n) is 8.31. The minimum atomic E-state index is -0.373. The van der Waals surface area contributed by atoms with E-state index in [0.717, 1.165) is 23.9 Å². The predicted molar refractivity (Wildman–Crippen MR) is 94.2 cm³/mol.